The second-order valence-electron chi connectivity index (χ2n) is 5.80. The second-order valence-corrected chi connectivity index (χ2v) is 5.80. The summed E-state index contributed by atoms with van der Waals surface area (Å²) in [6.07, 6.45) is -0.292. The highest BCUT2D eigenvalue weighted by Gasteiger charge is 2.30. The Kier molecular flexibility index (Phi) is 3.69. The van der Waals surface area contributed by atoms with Gasteiger partial charge in [-0.25, -0.2) is 0 Å². The molecule has 1 aromatic heterocycles. The number of ether oxygens (including phenoxy) is 1. The number of fused-ring (bicyclic) bond motifs is 3. The van der Waals surface area contributed by atoms with Crippen LogP contribution < -0.4 is 0 Å². The Bertz CT molecular complexity index is 1040. The summed E-state index contributed by atoms with van der Waals surface area (Å²) < 4.78 is 43.0. The first-order valence-electron chi connectivity index (χ1n) is 7.75. The molecule has 26 heavy (non-hydrogen) atoms. The molecule has 2 aliphatic rings. The van der Waals surface area contributed by atoms with Gasteiger partial charge in [0.05, 0.1) is 36.0 Å². The van der Waals surface area contributed by atoms with E-state index < -0.39 is 11.7 Å². The van der Waals surface area contributed by atoms with Gasteiger partial charge in [0.15, 0.2) is 5.76 Å². The number of benzene rings is 1. The first-order valence-corrected chi connectivity index (χ1v) is 7.75. The van der Waals surface area contributed by atoms with Crippen LogP contribution in [0.2, 0.25) is 0 Å². The van der Waals surface area contributed by atoms with E-state index >= 15 is 0 Å². The quantitative estimate of drug-likeness (QED) is 0.658. The fraction of sp³-hybridized carbons (Fsp3) is 0.158. The van der Waals surface area contributed by atoms with Crippen molar-refractivity contribution in [3.05, 3.63) is 75.7 Å². The fourth-order valence-electron chi connectivity index (χ4n) is 2.86. The van der Waals surface area contributed by atoms with Crippen LogP contribution in [0.25, 0.3) is 5.57 Å². The van der Waals surface area contributed by atoms with Gasteiger partial charge in [-0.3, -0.25) is 10.1 Å². The molecular formula is C19H12F3N3O. The van der Waals surface area contributed by atoms with E-state index in [-0.39, 0.29) is 0 Å². The standard InChI is InChI=1S/C19H12F3N3O/c1-26-14-7-2-11-8-16-17(24-25-18(16)15(11)9-14)10-23-13-5-3-12(4-6-13)19(20,21)22/h3-6,9-10H,8H2,1H3,(H,24,25). The van der Waals surface area contributed by atoms with Crippen molar-refractivity contribution >= 4 is 17.5 Å². The van der Waals surface area contributed by atoms with Crippen molar-refractivity contribution in [3.8, 4) is 0 Å². The minimum absolute atomic E-state index is 0.429. The van der Waals surface area contributed by atoms with Crippen molar-refractivity contribution in [1.29, 1.82) is 0 Å². The normalized spacial score (nSPS) is 15.5. The molecule has 2 aliphatic carbocycles. The van der Waals surface area contributed by atoms with Crippen LogP contribution >= 0.6 is 0 Å². The third kappa shape index (κ3) is 2.80. The van der Waals surface area contributed by atoms with Crippen LogP contribution in [0, 0.1) is 0 Å². The van der Waals surface area contributed by atoms with Crippen LogP contribution in [-0.2, 0) is 17.3 Å². The number of halogens is 3. The number of methoxy groups -OCH3 is 1. The molecule has 1 aromatic carbocycles. The van der Waals surface area contributed by atoms with Gasteiger partial charge in [-0.1, -0.05) is 5.73 Å². The molecule has 130 valence electrons. The largest absolute Gasteiger partial charge is 0.489 e. The van der Waals surface area contributed by atoms with E-state index in [4.69, 9.17) is 4.74 Å². The summed E-state index contributed by atoms with van der Waals surface area (Å²) in [4.78, 5) is 4.24. The van der Waals surface area contributed by atoms with Gasteiger partial charge in [-0.2, -0.15) is 18.3 Å². The average molecular weight is 355 g/mol. The van der Waals surface area contributed by atoms with Gasteiger partial charge >= 0.3 is 6.18 Å². The molecule has 4 rings (SSSR count). The molecule has 0 fully saturated rings. The van der Waals surface area contributed by atoms with Crippen LogP contribution in [0.15, 0.2) is 58.1 Å². The molecule has 0 unspecified atom stereocenters. The van der Waals surface area contributed by atoms with E-state index in [1.165, 1.54) is 12.1 Å². The minimum atomic E-state index is -4.35. The monoisotopic (exact) mass is 355 g/mol. The number of H-pyrrole nitrogens is 1. The van der Waals surface area contributed by atoms with Gasteiger partial charge in [0.2, 0.25) is 0 Å². The minimum Gasteiger partial charge on any atom is -0.489 e. The molecule has 0 bridgehead atoms. The summed E-state index contributed by atoms with van der Waals surface area (Å²) in [5, 5.41) is 7.23. The molecule has 0 aliphatic heterocycles. The molecule has 0 amide bonds. The van der Waals surface area contributed by atoms with E-state index in [0.29, 0.717) is 23.6 Å². The Morgan fingerprint density at radius 2 is 2.00 bits per heavy atom. The van der Waals surface area contributed by atoms with E-state index in [0.717, 1.165) is 34.5 Å². The average Bonchev–Trinajstić information content (AvgIpc) is 3.18. The van der Waals surface area contributed by atoms with Gasteiger partial charge < -0.3 is 4.74 Å². The fourth-order valence-corrected chi connectivity index (χ4v) is 2.86. The number of nitrogens with one attached hydrogen (secondary N) is 1. The maximum absolute atomic E-state index is 12.6. The predicted molar refractivity (Wildman–Crippen MR) is 90.0 cm³/mol. The molecule has 0 saturated carbocycles. The topological polar surface area (TPSA) is 50.3 Å². The smallest absolute Gasteiger partial charge is 0.416 e. The first-order chi connectivity index (χ1) is 12.5. The van der Waals surface area contributed by atoms with Gasteiger partial charge in [-0.15, -0.1) is 0 Å². The van der Waals surface area contributed by atoms with E-state index in [1.54, 1.807) is 13.3 Å². The number of rotatable bonds is 3. The van der Waals surface area contributed by atoms with Gasteiger partial charge in [-0.05, 0) is 36.1 Å². The number of aliphatic imine (C=N–C) groups is 1. The molecule has 1 N–H and O–H groups in total. The highest BCUT2D eigenvalue weighted by atomic mass is 19.4. The van der Waals surface area contributed by atoms with Crippen LogP contribution in [0.3, 0.4) is 0 Å². The maximum atomic E-state index is 12.6. The van der Waals surface area contributed by atoms with Crippen LogP contribution in [0.1, 0.15) is 22.5 Å². The SMILES string of the molecule is COC1=C=C=C2Cc3c(n[nH]c3C=Nc3ccc(C(F)(F)F)cc3)C2=C1. The molecule has 1 heterocycles. The van der Waals surface area contributed by atoms with Crippen LogP contribution in [0.4, 0.5) is 18.9 Å². The number of alkyl halides is 3. The van der Waals surface area contributed by atoms with Gasteiger partial charge in [0, 0.05) is 23.1 Å². The summed E-state index contributed by atoms with van der Waals surface area (Å²) in [6, 6.07) is 4.69. The molecule has 0 radical (unpaired) electrons. The zero-order chi connectivity index (χ0) is 18.3. The summed E-state index contributed by atoms with van der Waals surface area (Å²) in [6.45, 7) is 0. The Morgan fingerprint density at radius 3 is 2.69 bits per heavy atom. The molecular weight excluding hydrogens is 343 g/mol. The lowest BCUT2D eigenvalue weighted by Gasteiger charge is -2.05. The number of hydrogen-bond donors (Lipinski definition) is 1. The first kappa shape index (κ1) is 16.2. The van der Waals surface area contributed by atoms with Crippen LogP contribution in [-0.4, -0.2) is 23.5 Å². The second kappa shape index (κ2) is 5.92. The summed E-state index contributed by atoms with van der Waals surface area (Å²) in [7, 11) is 1.56. The molecule has 2 aromatic rings. The lowest BCUT2D eigenvalue weighted by Crippen LogP contribution is -2.03. The number of aromatic nitrogens is 2. The Labute approximate surface area is 146 Å². The Balaban J connectivity index is 1.60. The third-order valence-corrected chi connectivity index (χ3v) is 4.20. The molecule has 7 heteroatoms. The maximum Gasteiger partial charge on any atom is 0.416 e. The molecule has 4 nitrogen and oxygen atoms in total. The van der Waals surface area contributed by atoms with Crippen LogP contribution in [0.5, 0.6) is 0 Å². The highest BCUT2D eigenvalue weighted by Crippen LogP contribution is 2.38. The number of hydrogen-bond acceptors (Lipinski definition) is 3. The molecule has 0 atom stereocenters. The summed E-state index contributed by atoms with van der Waals surface area (Å²) in [5.41, 5.74) is 10.1. The Morgan fingerprint density at radius 1 is 1.23 bits per heavy atom. The number of nitrogens with zero attached hydrogens (tertiary/aromatic N) is 2. The lowest BCUT2D eigenvalue weighted by molar-refractivity contribution is -0.137. The van der Waals surface area contributed by atoms with E-state index in [1.807, 2.05) is 6.08 Å². The molecule has 0 spiro atoms. The number of aromatic amines is 1. The third-order valence-electron chi connectivity index (χ3n) is 4.20. The predicted octanol–water partition coefficient (Wildman–Crippen LogP) is 4.34. The van der Waals surface area contributed by atoms with Crippen molar-refractivity contribution in [1.82, 2.24) is 10.2 Å². The molecule has 0 saturated heterocycles. The lowest BCUT2D eigenvalue weighted by atomic mass is 10.1. The van der Waals surface area contributed by atoms with Gasteiger partial charge in [0.25, 0.3) is 0 Å². The zero-order valence-corrected chi connectivity index (χ0v) is 13.6. The number of allylic oxidation sites excluding steroid dienone is 3. The van der Waals surface area contributed by atoms with Crippen molar-refractivity contribution < 1.29 is 17.9 Å². The summed E-state index contributed by atoms with van der Waals surface area (Å²) >= 11 is 0. The highest BCUT2D eigenvalue weighted by molar-refractivity contribution is 5.92. The van der Waals surface area contributed by atoms with E-state index in [2.05, 4.69) is 26.7 Å². The van der Waals surface area contributed by atoms with Gasteiger partial charge in [0.1, 0.15) is 0 Å². The summed E-state index contributed by atoms with van der Waals surface area (Å²) in [5.74, 6) is 0.583. The zero-order valence-electron chi connectivity index (χ0n) is 13.6. The Hall–Kier alpha value is -3.27. The van der Waals surface area contributed by atoms with Crippen molar-refractivity contribution in [2.75, 3.05) is 7.11 Å². The van der Waals surface area contributed by atoms with E-state index in [9.17, 15) is 13.2 Å². The van der Waals surface area contributed by atoms with Crippen molar-refractivity contribution in [3.63, 3.8) is 0 Å². The van der Waals surface area contributed by atoms with Crippen molar-refractivity contribution in [2.24, 2.45) is 4.99 Å². The van der Waals surface area contributed by atoms with Crippen molar-refractivity contribution in [2.45, 2.75) is 12.6 Å².